The molecule has 0 unspecified atom stereocenters. The molecule has 0 atom stereocenters. The van der Waals surface area contributed by atoms with Gasteiger partial charge in [0.2, 0.25) is 20.7 Å². The standard InChI is InChI=1S/C24H22FN3O4S/c25-19-8-10-20(11-9-19)33(29,30)23-24(32-22(26-23)21-7-4-16-31-21)28-14-12-27(13-15-28)17-18-5-2-1-3-6-18/h1-11,16H,12-15,17H2. The zero-order chi connectivity index (χ0) is 22.8. The Labute approximate surface area is 191 Å². The first kappa shape index (κ1) is 21.4. The Morgan fingerprint density at radius 3 is 2.30 bits per heavy atom. The summed E-state index contributed by atoms with van der Waals surface area (Å²) in [5.41, 5.74) is 1.23. The second kappa shape index (κ2) is 8.84. The van der Waals surface area contributed by atoms with E-state index in [2.05, 4.69) is 22.0 Å². The number of hydrogen-bond acceptors (Lipinski definition) is 7. The van der Waals surface area contributed by atoms with E-state index in [1.807, 2.05) is 23.1 Å². The summed E-state index contributed by atoms with van der Waals surface area (Å²) in [6, 6.07) is 18.2. The molecular formula is C24H22FN3O4S. The molecule has 0 radical (unpaired) electrons. The number of piperazine rings is 1. The number of benzene rings is 2. The van der Waals surface area contributed by atoms with Crippen molar-refractivity contribution in [2.75, 3.05) is 31.1 Å². The zero-order valence-electron chi connectivity index (χ0n) is 17.7. The molecule has 0 N–H and O–H groups in total. The van der Waals surface area contributed by atoms with Gasteiger partial charge < -0.3 is 13.7 Å². The van der Waals surface area contributed by atoms with E-state index < -0.39 is 15.7 Å². The second-order valence-corrected chi connectivity index (χ2v) is 9.68. The van der Waals surface area contributed by atoms with Crippen molar-refractivity contribution in [3.8, 4) is 11.7 Å². The quantitative estimate of drug-likeness (QED) is 0.393. The summed E-state index contributed by atoms with van der Waals surface area (Å²) >= 11 is 0. The molecule has 1 fully saturated rings. The molecule has 9 heteroatoms. The predicted octanol–water partition coefficient (Wildman–Crippen LogP) is 4.23. The molecule has 4 aromatic rings. The summed E-state index contributed by atoms with van der Waals surface area (Å²) in [6.07, 6.45) is 1.47. The number of halogens is 1. The summed E-state index contributed by atoms with van der Waals surface area (Å²) in [4.78, 5) is 8.43. The molecule has 170 valence electrons. The Hall–Kier alpha value is -3.43. The molecule has 0 saturated carbocycles. The van der Waals surface area contributed by atoms with Gasteiger partial charge in [-0.2, -0.15) is 4.98 Å². The normalized spacial score (nSPS) is 15.1. The first-order valence-corrected chi connectivity index (χ1v) is 12.1. The van der Waals surface area contributed by atoms with Gasteiger partial charge in [0.05, 0.1) is 11.2 Å². The molecule has 3 heterocycles. The topological polar surface area (TPSA) is 79.8 Å². The number of oxazole rings is 1. The van der Waals surface area contributed by atoms with Gasteiger partial charge in [0, 0.05) is 32.7 Å². The van der Waals surface area contributed by atoms with Gasteiger partial charge >= 0.3 is 0 Å². The van der Waals surface area contributed by atoms with E-state index in [0.717, 1.165) is 31.8 Å². The monoisotopic (exact) mass is 467 g/mol. The maximum Gasteiger partial charge on any atom is 0.266 e. The van der Waals surface area contributed by atoms with E-state index in [9.17, 15) is 12.8 Å². The van der Waals surface area contributed by atoms with E-state index in [4.69, 9.17) is 8.83 Å². The van der Waals surface area contributed by atoms with Gasteiger partial charge in [-0.15, -0.1) is 0 Å². The number of sulfone groups is 1. The third-order valence-electron chi connectivity index (χ3n) is 5.60. The van der Waals surface area contributed by atoms with Gasteiger partial charge in [-0.25, -0.2) is 12.8 Å². The highest BCUT2D eigenvalue weighted by atomic mass is 32.2. The van der Waals surface area contributed by atoms with E-state index in [-0.39, 0.29) is 21.7 Å². The van der Waals surface area contributed by atoms with Crippen LogP contribution in [0.3, 0.4) is 0 Å². The molecule has 0 bridgehead atoms. The minimum absolute atomic E-state index is 0.0489. The van der Waals surface area contributed by atoms with E-state index in [0.29, 0.717) is 18.8 Å². The van der Waals surface area contributed by atoms with Crippen LogP contribution in [0.2, 0.25) is 0 Å². The molecule has 0 aliphatic carbocycles. The van der Waals surface area contributed by atoms with Gasteiger partial charge in [0.1, 0.15) is 5.82 Å². The Kier molecular flexibility index (Phi) is 5.74. The van der Waals surface area contributed by atoms with E-state index in [1.54, 1.807) is 12.1 Å². The number of nitrogens with zero attached hydrogens (tertiary/aromatic N) is 3. The van der Waals surface area contributed by atoms with E-state index in [1.165, 1.54) is 24.0 Å². The summed E-state index contributed by atoms with van der Waals surface area (Å²) in [6.45, 7) is 3.45. The fourth-order valence-electron chi connectivity index (χ4n) is 3.85. The third kappa shape index (κ3) is 4.42. The molecule has 0 spiro atoms. The average Bonchev–Trinajstić information content (AvgIpc) is 3.51. The largest absolute Gasteiger partial charge is 0.459 e. The lowest BCUT2D eigenvalue weighted by Crippen LogP contribution is -2.46. The Morgan fingerprint density at radius 2 is 1.64 bits per heavy atom. The van der Waals surface area contributed by atoms with Crippen LogP contribution in [0.1, 0.15) is 5.56 Å². The lowest BCUT2D eigenvalue weighted by atomic mass is 10.2. The van der Waals surface area contributed by atoms with E-state index >= 15 is 0 Å². The Morgan fingerprint density at radius 1 is 0.909 bits per heavy atom. The second-order valence-electron chi connectivity index (χ2n) is 7.81. The molecule has 1 aliphatic rings. The van der Waals surface area contributed by atoms with Crippen LogP contribution in [0.25, 0.3) is 11.7 Å². The van der Waals surface area contributed by atoms with Crippen molar-refractivity contribution in [3.05, 3.63) is 84.4 Å². The van der Waals surface area contributed by atoms with Gasteiger partial charge in [-0.1, -0.05) is 30.3 Å². The van der Waals surface area contributed by atoms with Crippen molar-refractivity contribution in [2.24, 2.45) is 0 Å². The number of hydrogen-bond donors (Lipinski definition) is 0. The number of furan rings is 1. The minimum Gasteiger partial charge on any atom is -0.459 e. The fourth-order valence-corrected chi connectivity index (χ4v) is 5.18. The summed E-state index contributed by atoms with van der Waals surface area (Å²) in [5.74, 6) is 0.0761. The van der Waals surface area contributed by atoms with Crippen molar-refractivity contribution < 1.29 is 21.6 Å². The summed E-state index contributed by atoms with van der Waals surface area (Å²) < 4.78 is 51.4. The maximum absolute atomic E-state index is 13.4. The molecule has 1 saturated heterocycles. The van der Waals surface area contributed by atoms with Crippen LogP contribution in [-0.4, -0.2) is 44.5 Å². The Bertz CT molecular complexity index is 1310. The highest BCUT2D eigenvalue weighted by Crippen LogP contribution is 2.35. The van der Waals surface area contributed by atoms with Crippen molar-refractivity contribution >= 4 is 15.7 Å². The van der Waals surface area contributed by atoms with Gasteiger partial charge in [-0.05, 0) is 42.0 Å². The SMILES string of the molecule is O=S(=O)(c1ccc(F)cc1)c1nc(-c2ccco2)oc1N1CCN(Cc2ccccc2)CC1. The Balaban J connectivity index is 1.44. The van der Waals surface area contributed by atoms with Crippen LogP contribution in [0.15, 0.2) is 91.7 Å². The highest BCUT2D eigenvalue weighted by molar-refractivity contribution is 7.91. The van der Waals surface area contributed by atoms with Crippen LogP contribution >= 0.6 is 0 Å². The van der Waals surface area contributed by atoms with Crippen LogP contribution in [0, 0.1) is 5.82 Å². The fraction of sp³-hybridized carbons (Fsp3) is 0.208. The molecule has 7 nitrogen and oxygen atoms in total. The highest BCUT2D eigenvalue weighted by Gasteiger charge is 2.33. The third-order valence-corrected chi connectivity index (χ3v) is 7.27. The number of rotatable bonds is 6. The molecule has 0 amide bonds. The van der Waals surface area contributed by atoms with Crippen molar-refractivity contribution in [3.63, 3.8) is 0 Å². The van der Waals surface area contributed by atoms with Crippen LogP contribution in [-0.2, 0) is 16.4 Å². The predicted molar refractivity (Wildman–Crippen MR) is 120 cm³/mol. The lowest BCUT2D eigenvalue weighted by Gasteiger charge is -2.34. The van der Waals surface area contributed by atoms with Gasteiger partial charge in [-0.3, -0.25) is 4.90 Å². The first-order valence-electron chi connectivity index (χ1n) is 10.6. The number of aromatic nitrogens is 1. The van der Waals surface area contributed by atoms with Crippen LogP contribution < -0.4 is 4.90 Å². The summed E-state index contributed by atoms with van der Waals surface area (Å²) in [7, 11) is -4.04. The zero-order valence-corrected chi connectivity index (χ0v) is 18.5. The molecule has 33 heavy (non-hydrogen) atoms. The van der Waals surface area contributed by atoms with Crippen molar-refractivity contribution in [2.45, 2.75) is 16.5 Å². The first-order chi connectivity index (χ1) is 16.0. The minimum atomic E-state index is -4.04. The smallest absolute Gasteiger partial charge is 0.266 e. The molecule has 2 aromatic carbocycles. The molecule has 5 rings (SSSR count). The van der Waals surface area contributed by atoms with Crippen molar-refractivity contribution in [1.82, 2.24) is 9.88 Å². The molecule has 2 aromatic heterocycles. The van der Waals surface area contributed by atoms with Crippen LogP contribution in [0.5, 0.6) is 0 Å². The number of anilines is 1. The lowest BCUT2D eigenvalue weighted by molar-refractivity contribution is 0.245. The summed E-state index contributed by atoms with van der Waals surface area (Å²) in [5, 5.41) is -0.197. The molecule has 1 aliphatic heterocycles. The van der Waals surface area contributed by atoms with Crippen molar-refractivity contribution in [1.29, 1.82) is 0 Å². The van der Waals surface area contributed by atoms with Gasteiger partial charge in [0.15, 0.2) is 5.76 Å². The maximum atomic E-state index is 13.4. The molecular weight excluding hydrogens is 445 g/mol. The van der Waals surface area contributed by atoms with Crippen LogP contribution in [0.4, 0.5) is 10.3 Å². The average molecular weight is 468 g/mol. The van der Waals surface area contributed by atoms with Gasteiger partial charge in [0.25, 0.3) is 5.89 Å².